The van der Waals surface area contributed by atoms with Crippen LogP contribution in [0.5, 0.6) is 0 Å². The molecule has 0 fully saturated rings. The molecule has 0 saturated heterocycles. The molecule has 2 N–H and O–H groups in total. The van der Waals surface area contributed by atoms with Crippen LogP contribution in [0, 0.1) is 12.8 Å². The van der Waals surface area contributed by atoms with Crippen molar-refractivity contribution < 1.29 is 19.1 Å². The molecule has 0 aliphatic heterocycles. The maximum atomic E-state index is 14.3. The number of fused-ring (bicyclic) bond motifs is 1. The van der Waals surface area contributed by atoms with Gasteiger partial charge in [0.2, 0.25) is 5.91 Å². The highest BCUT2D eigenvalue weighted by atomic mass is 16.6. The van der Waals surface area contributed by atoms with Crippen LogP contribution >= 0.6 is 0 Å². The highest BCUT2D eigenvalue weighted by Crippen LogP contribution is 2.32. The molecule has 0 heterocycles. The molecule has 7 nitrogen and oxygen atoms in total. The topological polar surface area (TPSA) is 87.7 Å². The number of amides is 3. The molecule has 2 atom stereocenters. The Morgan fingerprint density at radius 3 is 1.98 bits per heavy atom. The molecule has 0 radical (unpaired) electrons. The predicted octanol–water partition coefficient (Wildman–Crippen LogP) is 7.00. The zero-order chi connectivity index (χ0) is 29.8. The number of carbonyl (C=O) groups is 3. The number of carbonyl (C=O) groups excluding carboxylic acids is 3. The average Bonchev–Trinajstić information content (AvgIpc) is 2.84. The van der Waals surface area contributed by atoms with Gasteiger partial charge in [-0.05, 0) is 82.9 Å². The number of benzene rings is 3. The average molecular weight is 546 g/mol. The van der Waals surface area contributed by atoms with E-state index < -0.39 is 29.3 Å². The minimum Gasteiger partial charge on any atom is -0.444 e. The zero-order valence-corrected chi connectivity index (χ0v) is 25.2. The zero-order valence-electron chi connectivity index (χ0n) is 25.2. The Balaban J connectivity index is 2.05. The van der Waals surface area contributed by atoms with Gasteiger partial charge in [0.15, 0.2) is 0 Å². The summed E-state index contributed by atoms with van der Waals surface area (Å²) in [6.45, 7) is 16.7. The number of rotatable bonds is 7. The summed E-state index contributed by atoms with van der Waals surface area (Å²) >= 11 is 0. The van der Waals surface area contributed by atoms with Crippen molar-refractivity contribution in [3.05, 3.63) is 77.9 Å². The Bertz CT molecular complexity index is 1350. The van der Waals surface area contributed by atoms with Gasteiger partial charge in [-0.1, -0.05) is 74.0 Å². The lowest BCUT2D eigenvalue weighted by Crippen LogP contribution is -2.59. The molecular formula is C33H43N3O4. The lowest BCUT2D eigenvalue weighted by Gasteiger charge is -2.43. The number of nitrogens with one attached hydrogen (secondary N) is 2. The van der Waals surface area contributed by atoms with E-state index in [4.69, 9.17) is 4.74 Å². The maximum Gasteiger partial charge on any atom is 0.408 e. The van der Waals surface area contributed by atoms with E-state index in [-0.39, 0.29) is 17.7 Å². The fourth-order valence-electron chi connectivity index (χ4n) is 4.59. The summed E-state index contributed by atoms with van der Waals surface area (Å²) in [4.78, 5) is 42.7. The van der Waals surface area contributed by atoms with Crippen LogP contribution in [-0.2, 0) is 14.3 Å². The number of aryl methyl sites for hydroxylation is 1. The molecule has 0 aliphatic carbocycles. The SMILES string of the molecule is Cc1ccc(C(C(=O)Nc2ccc3ccccc3c2)N(C(=O)C(NC(=O)OC(C)(C)C)C(C)C)C(C)(C)C)cc1. The summed E-state index contributed by atoms with van der Waals surface area (Å²) in [6, 6.07) is 19.4. The Labute approximate surface area is 238 Å². The van der Waals surface area contributed by atoms with Crippen LogP contribution in [0.15, 0.2) is 66.7 Å². The van der Waals surface area contributed by atoms with Gasteiger partial charge in [-0.3, -0.25) is 9.59 Å². The quantitative estimate of drug-likeness (QED) is 0.334. The van der Waals surface area contributed by atoms with Gasteiger partial charge >= 0.3 is 6.09 Å². The van der Waals surface area contributed by atoms with Crippen molar-refractivity contribution in [1.29, 1.82) is 0 Å². The minimum absolute atomic E-state index is 0.257. The summed E-state index contributed by atoms with van der Waals surface area (Å²) in [5.41, 5.74) is 0.859. The number of hydrogen-bond acceptors (Lipinski definition) is 4. The minimum atomic E-state index is -0.957. The van der Waals surface area contributed by atoms with Gasteiger partial charge < -0.3 is 20.3 Å². The summed E-state index contributed by atoms with van der Waals surface area (Å²) in [6.07, 6.45) is -0.680. The second kappa shape index (κ2) is 12.1. The first-order valence-corrected chi connectivity index (χ1v) is 13.8. The molecule has 214 valence electrons. The molecule has 0 aromatic heterocycles. The second-order valence-corrected chi connectivity index (χ2v) is 12.6. The molecule has 3 amide bonds. The van der Waals surface area contributed by atoms with E-state index in [1.54, 1.807) is 25.7 Å². The van der Waals surface area contributed by atoms with Gasteiger partial charge in [-0.15, -0.1) is 0 Å². The van der Waals surface area contributed by atoms with Crippen molar-refractivity contribution in [2.45, 2.75) is 85.5 Å². The van der Waals surface area contributed by atoms with E-state index in [0.29, 0.717) is 11.3 Å². The van der Waals surface area contributed by atoms with E-state index in [1.807, 2.05) is 108 Å². The van der Waals surface area contributed by atoms with Gasteiger partial charge in [-0.25, -0.2) is 4.79 Å². The van der Waals surface area contributed by atoms with Crippen molar-refractivity contribution in [3.63, 3.8) is 0 Å². The molecule has 0 aliphatic rings. The largest absolute Gasteiger partial charge is 0.444 e. The Kier molecular flexibility index (Phi) is 9.28. The van der Waals surface area contributed by atoms with E-state index in [1.165, 1.54) is 0 Å². The molecule has 3 rings (SSSR count). The number of ether oxygens (including phenoxy) is 1. The van der Waals surface area contributed by atoms with Gasteiger partial charge in [0, 0.05) is 11.2 Å². The highest BCUT2D eigenvalue weighted by Gasteiger charge is 2.42. The third kappa shape index (κ3) is 7.84. The second-order valence-electron chi connectivity index (χ2n) is 12.6. The fraction of sp³-hybridized carbons (Fsp3) is 0.424. The number of hydrogen-bond donors (Lipinski definition) is 2. The lowest BCUT2D eigenvalue weighted by atomic mass is 9.92. The van der Waals surface area contributed by atoms with Gasteiger partial charge in [0.05, 0.1) is 0 Å². The summed E-state index contributed by atoms with van der Waals surface area (Å²) in [5, 5.41) is 7.88. The van der Waals surface area contributed by atoms with Crippen LogP contribution in [0.25, 0.3) is 10.8 Å². The van der Waals surface area contributed by atoms with Crippen LogP contribution in [-0.4, -0.2) is 40.0 Å². The van der Waals surface area contributed by atoms with E-state index in [0.717, 1.165) is 16.3 Å². The number of anilines is 1. The van der Waals surface area contributed by atoms with Crippen LogP contribution in [0.1, 0.15) is 72.6 Å². The normalized spacial score (nSPS) is 13.4. The third-order valence-electron chi connectivity index (χ3n) is 6.48. The van der Waals surface area contributed by atoms with Crippen LogP contribution < -0.4 is 10.6 Å². The Morgan fingerprint density at radius 2 is 1.43 bits per heavy atom. The fourth-order valence-corrected chi connectivity index (χ4v) is 4.59. The van der Waals surface area contributed by atoms with Crippen molar-refractivity contribution in [1.82, 2.24) is 10.2 Å². The molecule has 40 heavy (non-hydrogen) atoms. The van der Waals surface area contributed by atoms with Crippen LogP contribution in [0.3, 0.4) is 0 Å². The van der Waals surface area contributed by atoms with Gasteiger partial charge in [0.1, 0.15) is 17.7 Å². The van der Waals surface area contributed by atoms with E-state index in [2.05, 4.69) is 10.6 Å². The van der Waals surface area contributed by atoms with E-state index in [9.17, 15) is 14.4 Å². The molecular weight excluding hydrogens is 502 g/mol. The Morgan fingerprint density at radius 1 is 0.825 bits per heavy atom. The molecule has 3 aromatic carbocycles. The molecule has 0 saturated carbocycles. The number of nitrogens with zero attached hydrogens (tertiary/aromatic N) is 1. The number of alkyl carbamates (subject to hydrolysis) is 1. The summed E-state index contributed by atoms with van der Waals surface area (Å²) in [7, 11) is 0. The van der Waals surface area contributed by atoms with Crippen LogP contribution in [0.2, 0.25) is 0 Å². The molecule has 7 heteroatoms. The van der Waals surface area contributed by atoms with Crippen LogP contribution in [0.4, 0.5) is 10.5 Å². The van der Waals surface area contributed by atoms with Crippen molar-refractivity contribution in [2.24, 2.45) is 5.92 Å². The summed E-state index contributed by atoms with van der Waals surface area (Å²) < 4.78 is 5.45. The lowest BCUT2D eigenvalue weighted by molar-refractivity contribution is -0.147. The maximum absolute atomic E-state index is 14.3. The highest BCUT2D eigenvalue weighted by molar-refractivity contribution is 6.00. The Hall–Kier alpha value is -3.87. The third-order valence-corrected chi connectivity index (χ3v) is 6.48. The van der Waals surface area contributed by atoms with Gasteiger partial charge in [0.25, 0.3) is 5.91 Å². The monoisotopic (exact) mass is 545 g/mol. The van der Waals surface area contributed by atoms with Crippen molar-refractivity contribution >= 4 is 34.4 Å². The summed E-state index contributed by atoms with van der Waals surface area (Å²) in [5.74, 6) is -0.970. The first-order valence-electron chi connectivity index (χ1n) is 13.8. The molecule has 2 unspecified atom stereocenters. The standard InChI is InChI=1S/C33H43N3O4/c1-21(2)27(35-31(39)40-33(7,8)9)30(38)36(32(4,5)6)28(24-16-14-22(3)15-17-24)29(37)34-26-19-18-23-12-10-11-13-25(23)20-26/h10-21,27-28H,1-9H3,(H,34,37)(H,35,39). The predicted molar refractivity (Wildman–Crippen MR) is 161 cm³/mol. The molecule has 3 aromatic rings. The van der Waals surface area contributed by atoms with Crippen molar-refractivity contribution in [2.75, 3.05) is 5.32 Å². The van der Waals surface area contributed by atoms with Gasteiger partial charge in [-0.2, -0.15) is 0 Å². The van der Waals surface area contributed by atoms with E-state index >= 15 is 0 Å². The first kappa shape index (κ1) is 30.7. The van der Waals surface area contributed by atoms with Crippen molar-refractivity contribution in [3.8, 4) is 0 Å². The molecule has 0 bridgehead atoms. The first-order chi connectivity index (χ1) is 18.6. The smallest absolute Gasteiger partial charge is 0.408 e. The molecule has 0 spiro atoms.